The minimum absolute atomic E-state index is 0.153. The van der Waals surface area contributed by atoms with Crippen molar-refractivity contribution in [2.75, 3.05) is 27.8 Å². The Morgan fingerprint density at radius 3 is 2.54 bits per heavy atom. The molecular weight excluding hydrogens is 310 g/mol. The van der Waals surface area contributed by atoms with Crippen LogP contribution < -0.4 is 4.74 Å². The van der Waals surface area contributed by atoms with Crippen molar-refractivity contribution in [1.29, 1.82) is 0 Å². The average Bonchev–Trinajstić information content (AvgIpc) is 3.10. The van der Waals surface area contributed by atoms with Crippen LogP contribution in [-0.4, -0.2) is 54.8 Å². The summed E-state index contributed by atoms with van der Waals surface area (Å²) in [6, 6.07) is 7.37. The van der Waals surface area contributed by atoms with Crippen LogP contribution in [-0.2, 0) is 9.53 Å². The smallest absolute Gasteiger partial charge is 0.305 e. The summed E-state index contributed by atoms with van der Waals surface area (Å²) in [5.74, 6) is 0.309. The number of benzene rings is 1. The fourth-order valence-electron chi connectivity index (χ4n) is 2.30. The molecule has 1 N–H and O–H groups in total. The molecule has 0 atom stereocenters. The third kappa shape index (κ3) is 4.13. The zero-order chi connectivity index (χ0) is 17.5. The van der Waals surface area contributed by atoms with Crippen LogP contribution in [0.2, 0.25) is 0 Å². The number of nitrogens with one attached hydrogen (secondary N) is 1. The molecule has 0 aliphatic rings. The quantitative estimate of drug-likeness (QED) is 0.786. The van der Waals surface area contributed by atoms with Crippen molar-refractivity contribution in [3.63, 3.8) is 0 Å². The van der Waals surface area contributed by atoms with E-state index < -0.39 is 0 Å². The van der Waals surface area contributed by atoms with Gasteiger partial charge in [0.2, 0.25) is 0 Å². The third-order valence-electron chi connectivity index (χ3n) is 3.70. The summed E-state index contributed by atoms with van der Waals surface area (Å²) in [6.07, 6.45) is 2.34. The molecule has 0 fully saturated rings. The minimum Gasteiger partial charge on any atom is -0.497 e. The summed E-state index contributed by atoms with van der Waals surface area (Å²) in [6.45, 7) is 0.459. The van der Waals surface area contributed by atoms with Gasteiger partial charge in [0, 0.05) is 25.6 Å². The number of carbonyl (C=O) groups is 2. The molecule has 7 heteroatoms. The Kier molecular flexibility index (Phi) is 5.95. The summed E-state index contributed by atoms with van der Waals surface area (Å²) in [5.41, 5.74) is 1.99. The Labute approximate surface area is 140 Å². The highest BCUT2D eigenvalue weighted by molar-refractivity contribution is 5.99. The van der Waals surface area contributed by atoms with Gasteiger partial charge in [0.15, 0.2) is 0 Å². The van der Waals surface area contributed by atoms with Crippen LogP contribution >= 0.6 is 0 Å². The highest BCUT2D eigenvalue weighted by atomic mass is 16.5. The van der Waals surface area contributed by atoms with Crippen molar-refractivity contribution < 1.29 is 19.1 Å². The van der Waals surface area contributed by atoms with Crippen LogP contribution in [0.3, 0.4) is 0 Å². The van der Waals surface area contributed by atoms with Crippen molar-refractivity contribution in [3.8, 4) is 17.0 Å². The maximum atomic E-state index is 12.6. The molecule has 0 spiro atoms. The van der Waals surface area contributed by atoms with Crippen LogP contribution in [0.5, 0.6) is 5.75 Å². The number of hydrogen-bond acceptors (Lipinski definition) is 5. The lowest BCUT2D eigenvalue weighted by molar-refractivity contribution is -0.140. The molecule has 0 aliphatic heterocycles. The van der Waals surface area contributed by atoms with Gasteiger partial charge >= 0.3 is 5.97 Å². The van der Waals surface area contributed by atoms with Gasteiger partial charge in [-0.1, -0.05) is 0 Å². The summed E-state index contributed by atoms with van der Waals surface area (Å²) in [7, 11) is 4.65. The van der Waals surface area contributed by atoms with Gasteiger partial charge in [-0.15, -0.1) is 0 Å². The first-order valence-corrected chi connectivity index (χ1v) is 7.57. The highest BCUT2D eigenvalue weighted by Crippen LogP contribution is 2.24. The Bertz CT molecular complexity index is 694. The number of carbonyl (C=O) groups excluding carboxylic acids is 2. The number of amides is 1. The van der Waals surface area contributed by atoms with Crippen molar-refractivity contribution in [1.82, 2.24) is 15.1 Å². The van der Waals surface area contributed by atoms with E-state index in [4.69, 9.17) is 4.74 Å². The summed E-state index contributed by atoms with van der Waals surface area (Å²) in [5, 5.41) is 6.85. The molecule has 1 amide bonds. The SMILES string of the molecule is COC(=O)CCCN(C)C(=O)c1cn[nH]c1-c1ccc(OC)cc1. The van der Waals surface area contributed by atoms with Gasteiger partial charge in [0.25, 0.3) is 5.91 Å². The topological polar surface area (TPSA) is 84.5 Å². The number of aromatic amines is 1. The molecule has 0 radical (unpaired) electrons. The number of nitrogens with zero attached hydrogens (tertiary/aromatic N) is 2. The van der Waals surface area contributed by atoms with Crippen molar-refractivity contribution in [3.05, 3.63) is 36.0 Å². The summed E-state index contributed by atoms with van der Waals surface area (Å²) < 4.78 is 9.73. The number of esters is 1. The molecular formula is C17H21N3O4. The molecule has 24 heavy (non-hydrogen) atoms. The van der Waals surface area contributed by atoms with Gasteiger partial charge in [0.1, 0.15) is 5.75 Å². The zero-order valence-electron chi connectivity index (χ0n) is 14.0. The largest absolute Gasteiger partial charge is 0.497 e. The van der Waals surface area contributed by atoms with Crippen molar-refractivity contribution in [2.45, 2.75) is 12.8 Å². The Hall–Kier alpha value is -2.83. The lowest BCUT2D eigenvalue weighted by Gasteiger charge is -2.16. The van der Waals surface area contributed by atoms with E-state index in [1.165, 1.54) is 13.3 Å². The number of methoxy groups -OCH3 is 2. The number of ether oxygens (including phenoxy) is 2. The van der Waals surface area contributed by atoms with Crippen molar-refractivity contribution >= 4 is 11.9 Å². The zero-order valence-corrected chi connectivity index (χ0v) is 14.0. The Morgan fingerprint density at radius 1 is 1.21 bits per heavy atom. The molecule has 0 aliphatic carbocycles. The van der Waals surface area contributed by atoms with Crippen molar-refractivity contribution in [2.24, 2.45) is 0 Å². The monoisotopic (exact) mass is 331 g/mol. The maximum absolute atomic E-state index is 12.6. The maximum Gasteiger partial charge on any atom is 0.305 e. The van der Waals surface area contributed by atoms with Gasteiger partial charge in [-0.05, 0) is 30.7 Å². The van der Waals surface area contributed by atoms with Crippen LogP contribution in [0.4, 0.5) is 0 Å². The second-order valence-electron chi connectivity index (χ2n) is 5.29. The first-order chi connectivity index (χ1) is 11.6. The fraction of sp³-hybridized carbons (Fsp3) is 0.353. The number of rotatable bonds is 7. The second-order valence-corrected chi connectivity index (χ2v) is 5.29. The molecule has 1 heterocycles. The molecule has 7 nitrogen and oxygen atoms in total. The van der Waals surface area contributed by atoms with Crippen LogP contribution in [0.1, 0.15) is 23.2 Å². The second kappa shape index (κ2) is 8.14. The third-order valence-corrected chi connectivity index (χ3v) is 3.70. The fourth-order valence-corrected chi connectivity index (χ4v) is 2.30. The van der Waals surface area contributed by atoms with Crippen LogP contribution in [0.15, 0.2) is 30.5 Å². The molecule has 1 aromatic carbocycles. The molecule has 2 aromatic rings. The normalized spacial score (nSPS) is 10.3. The minimum atomic E-state index is -0.280. The first-order valence-electron chi connectivity index (χ1n) is 7.57. The van der Waals surface area contributed by atoms with E-state index in [9.17, 15) is 9.59 Å². The molecule has 128 valence electrons. The molecule has 0 saturated heterocycles. The van der Waals surface area contributed by atoms with E-state index in [2.05, 4.69) is 14.9 Å². The van der Waals surface area contributed by atoms with Crippen LogP contribution in [0, 0.1) is 0 Å². The van der Waals surface area contributed by atoms with E-state index in [0.717, 1.165) is 11.3 Å². The lowest BCUT2D eigenvalue weighted by atomic mass is 10.1. The molecule has 0 unspecified atom stereocenters. The lowest BCUT2D eigenvalue weighted by Crippen LogP contribution is -2.28. The molecule has 1 aromatic heterocycles. The van der Waals surface area contributed by atoms with E-state index in [1.54, 1.807) is 19.1 Å². The number of H-pyrrole nitrogens is 1. The molecule has 0 bridgehead atoms. The Balaban J connectivity index is 2.07. The summed E-state index contributed by atoms with van der Waals surface area (Å²) >= 11 is 0. The highest BCUT2D eigenvalue weighted by Gasteiger charge is 2.19. The number of hydrogen-bond donors (Lipinski definition) is 1. The van der Waals surface area contributed by atoms with E-state index >= 15 is 0 Å². The van der Waals surface area contributed by atoms with E-state index in [-0.39, 0.29) is 18.3 Å². The number of aromatic nitrogens is 2. The Morgan fingerprint density at radius 2 is 1.92 bits per heavy atom. The predicted molar refractivity (Wildman–Crippen MR) is 88.8 cm³/mol. The molecule has 0 saturated carbocycles. The van der Waals surface area contributed by atoms with Gasteiger partial charge in [-0.2, -0.15) is 5.10 Å². The van der Waals surface area contributed by atoms with Gasteiger partial charge in [0.05, 0.1) is 31.7 Å². The van der Waals surface area contributed by atoms with Gasteiger partial charge in [-0.3, -0.25) is 14.7 Å². The van der Waals surface area contributed by atoms with E-state index in [1.807, 2.05) is 24.3 Å². The first kappa shape index (κ1) is 17.5. The molecule has 2 rings (SSSR count). The predicted octanol–water partition coefficient (Wildman–Crippen LogP) is 2.11. The van der Waals surface area contributed by atoms with Crippen LogP contribution in [0.25, 0.3) is 11.3 Å². The van der Waals surface area contributed by atoms with E-state index in [0.29, 0.717) is 24.2 Å². The average molecular weight is 331 g/mol. The standard InChI is InChI=1S/C17H21N3O4/c1-20(10-4-5-15(21)24-3)17(22)14-11-18-19-16(14)12-6-8-13(23-2)9-7-12/h6-9,11H,4-5,10H2,1-3H3,(H,18,19). The summed E-state index contributed by atoms with van der Waals surface area (Å²) in [4.78, 5) is 25.3. The van der Waals surface area contributed by atoms with Gasteiger partial charge in [-0.25, -0.2) is 0 Å². The van der Waals surface area contributed by atoms with Gasteiger partial charge < -0.3 is 14.4 Å².